The number of hydrogen-bond acceptors (Lipinski definition) is 5. The molecule has 6 nitrogen and oxygen atoms in total. The van der Waals surface area contributed by atoms with Crippen molar-refractivity contribution >= 4 is 29.0 Å². The van der Waals surface area contributed by atoms with Crippen LogP contribution in [0.3, 0.4) is 0 Å². The molecule has 3 rings (SSSR count). The van der Waals surface area contributed by atoms with Crippen molar-refractivity contribution in [2.45, 2.75) is 18.1 Å². The van der Waals surface area contributed by atoms with Gasteiger partial charge in [0, 0.05) is 5.69 Å². The number of thioether (sulfide) groups is 1. The van der Waals surface area contributed by atoms with Gasteiger partial charge in [-0.2, -0.15) is 22.8 Å². The van der Waals surface area contributed by atoms with E-state index >= 15 is 0 Å². The van der Waals surface area contributed by atoms with Crippen molar-refractivity contribution in [3.8, 4) is 0 Å². The van der Waals surface area contributed by atoms with Crippen LogP contribution in [0, 0.1) is 6.92 Å². The monoisotopic (exact) mass is 367 g/mol. The second-order valence-electron chi connectivity index (χ2n) is 5.10. The first-order chi connectivity index (χ1) is 11.8. The standard InChI is InChI=1S/C15H12F3N5OS/c1-9-20-21-12-5-6-14(22-23(9)12)25-8-13(24)19-11-4-2-3-10(7-11)15(16,17)18/h2-7H,8H2,1H3,(H,19,24). The Morgan fingerprint density at radius 2 is 2.04 bits per heavy atom. The van der Waals surface area contributed by atoms with Gasteiger partial charge in [0.15, 0.2) is 11.5 Å². The first-order valence-electron chi connectivity index (χ1n) is 7.12. The van der Waals surface area contributed by atoms with Crippen LogP contribution in [0.15, 0.2) is 41.4 Å². The van der Waals surface area contributed by atoms with Crippen molar-refractivity contribution in [3.05, 3.63) is 47.8 Å². The minimum Gasteiger partial charge on any atom is -0.325 e. The Bertz CT molecular complexity index is 925. The zero-order valence-electron chi connectivity index (χ0n) is 12.9. The SMILES string of the molecule is Cc1nnc2ccc(SCC(=O)Nc3cccc(C(F)(F)F)c3)nn12. The lowest BCUT2D eigenvalue weighted by Gasteiger charge is -2.09. The topological polar surface area (TPSA) is 72.2 Å². The molecule has 1 aromatic carbocycles. The Hall–Kier alpha value is -2.62. The molecule has 2 aromatic heterocycles. The summed E-state index contributed by atoms with van der Waals surface area (Å²) in [5, 5.41) is 15.1. The van der Waals surface area contributed by atoms with Gasteiger partial charge in [0.25, 0.3) is 0 Å². The summed E-state index contributed by atoms with van der Waals surface area (Å²) in [5.41, 5.74) is -0.123. The summed E-state index contributed by atoms with van der Waals surface area (Å²) in [7, 11) is 0. The third kappa shape index (κ3) is 4.08. The van der Waals surface area contributed by atoms with E-state index in [2.05, 4.69) is 20.6 Å². The molecule has 0 saturated heterocycles. The molecule has 0 aliphatic heterocycles. The van der Waals surface area contributed by atoms with Crippen molar-refractivity contribution in [1.29, 1.82) is 0 Å². The number of hydrogen-bond donors (Lipinski definition) is 1. The molecule has 3 aromatic rings. The highest BCUT2D eigenvalue weighted by Gasteiger charge is 2.30. The predicted molar refractivity (Wildman–Crippen MR) is 86.3 cm³/mol. The Kier molecular flexibility index (Phi) is 4.62. The molecule has 0 aliphatic rings. The molecule has 0 aliphatic carbocycles. The summed E-state index contributed by atoms with van der Waals surface area (Å²) in [4.78, 5) is 12.0. The largest absolute Gasteiger partial charge is 0.416 e. The van der Waals surface area contributed by atoms with E-state index in [0.29, 0.717) is 16.5 Å². The van der Waals surface area contributed by atoms with Gasteiger partial charge in [0.1, 0.15) is 5.03 Å². The number of fused-ring (bicyclic) bond motifs is 1. The number of nitrogens with one attached hydrogen (secondary N) is 1. The number of anilines is 1. The van der Waals surface area contributed by atoms with Gasteiger partial charge in [0.2, 0.25) is 5.91 Å². The summed E-state index contributed by atoms with van der Waals surface area (Å²) < 4.78 is 39.6. The molecule has 0 bridgehead atoms. The summed E-state index contributed by atoms with van der Waals surface area (Å²) in [5.74, 6) is 0.202. The number of aryl methyl sites for hydroxylation is 1. The molecule has 1 amide bonds. The van der Waals surface area contributed by atoms with Crippen LogP contribution in [0.2, 0.25) is 0 Å². The number of carbonyl (C=O) groups excluding carboxylic acids is 1. The average Bonchev–Trinajstić information content (AvgIpc) is 2.93. The fraction of sp³-hybridized carbons (Fsp3) is 0.200. The first-order valence-corrected chi connectivity index (χ1v) is 8.10. The fourth-order valence-electron chi connectivity index (χ4n) is 2.07. The molecule has 0 fully saturated rings. The number of halogens is 3. The minimum absolute atomic E-state index is 0.00985. The van der Waals surface area contributed by atoms with Crippen molar-refractivity contribution in [1.82, 2.24) is 19.8 Å². The van der Waals surface area contributed by atoms with Gasteiger partial charge in [-0.3, -0.25) is 4.79 Å². The summed E-state index contributed by atoms with van der Waals surface area (Å²) in [6.07, 6.45) is -4.45. The van der Waals surface area contributed by atoms with Gasteiger partial charge >= 0.3 is 6.18 Å². The number of nitrogens with zero attached hydrogens (tertiary/aromatic N) is 4. The van der Waals surface area contributed by atoms with Gasteiger partial charge in [-0.1, -0.05) is 17.8 Å². The Morgan fingerprint density at radius 3 is 2.80 bits per heavy atom. The van der Waals surface area contributed by atoms with Crippen molar-refractivity contribution in [3.63, 3.8) is 0 Å². The molecule has 25 heavy (non-hydrogen) atoms. The van der Waals surface area contributed by atoms with Gasteiger partial charge in [0.05, 0.1) is 11.3 Å². The summed E-state index contributed by atoms with van der Waals surface area (Å²) in [6, 6.07) is 7.92. The van der Waals surface area contributed by atoms with Gasteiger partial charge in [-0.25, -0.2) is 0 Å². The third-order valence-electron chi connectivity index (χ3n) is 3.22. The predicted octanol–water partition coefficient (Wildman–Crippen LogP) is 3.18. The molecule has 130 valence electrons. The number of benzene rings is 1. The van der Waals surface area contributed by atoms with E-state index in [4.69, 9.17) is 0 Å². The van der Waals surface area contributed by atoms with Crippen LogP contribution >= 0.6 is 11.8 Å². The zero-order chi connectivity index (χ0) is 18.0. The maximum atomic E-state index is 12.7. The second-order valence-corrected chi connectivity index (χ2v) is 6.10. The van der Waals surface area contributed by atoms with Crippen LogP contribution < -0.4 is 5.32 Å². The van der Waals surface area contributed by atoms with E-state index < -0.39 is 17.6 Å². The van der Waals surface area contributed by atoms with Crippen LogP contribution in [0.25, 0.3) is 5.65 Å². The normalized spacial score (nSPS) is 11.7. The Balaban J connectivity index is 1.63. The number of rotatable bonds is 4. The van der Waals surface area contributed by atoms with Crippen LogP contribution in [-0.4, -0.2) is 31.5 Å². The maximum Gasteiger partial charge on any atom is 0.416 e. The second kappa shape index (κ2) is 6.71. The molecule has 0 spiro atoms. The van der Waals surface area contributed by atoms with Crippen molar-refractivity contribution in [2.24, 2.45) is 0 Å². The van der Waals surface area contributed by atoms with Crippen LogP contribution in [0.5, 0.6) is 0 Å². The van der Waals surface area contributed by atoms with Gasteiger partial charge < -0.3 is 5.32 Å². The van der Waals surface area contributed by atoms with E-state index in [1.54, 1.807) is 23.6 Å². The summed E-state index contributed by atoms with van der Waals surface area (Å²) >= 11 is 1.16. The van der Waals surface area contributed by atoms with Crippen molar-refractivity contribution < 1.29 is 18.0 Å². The average molecular weight is 367 g/mol. The van der Waals surface area contributed by atoms with Crippen molar-refractivity contribution in [2.75, 3.05) is 11.1 Å². The minimum atomic E-state index is -4.45. The number of alkyl halides is 3. The molecule has 0 atom stereocenters. The lowest BCUT2D eigenvalue weighted by Crippen LogP contribution is -2.15. The Labute approximate surface area is 144 Å². The van der Waals surface area contributed by atoms with E-state index in [0.717, 1.165) is 23.9 Å². The molecule has 2 heterocycles. The number of amides is 1. The first kappa shape index (κ1) is 17.2. The lowest BCUT2D eigenvalue weighted by atomic mass is 10.2. The van der Waals surface area contributed by atoms with Crippen LogP contribution in [0.1, 0.15) is 11.4 Å². The van der Waals surface area contributed by atoms with E-state index in [-0.39, 0.29) is 11.4 Å². The molecular weight excluding hydrogens is 355 g/mol. The third-order valence-corrected chi connectivity index (χ3v) is 4.14. The highest BCUT2D eigenvalue weighted by atomic mass is 32.2. The molecular formula is C15H12F3N5OS. The summed E-state index contributed by atoms with van der Waals surface area (Å²) in [6.45, 7) is 1.75. The van der Waals surface area contributed by atoms with E-state index in [1.165, 1.54) is 12.1 Å². The Morgan fingerprint density at radius 1 is 1.24 bits per heavy atom. The molecule has 1 N–H and O–H groups in total. The van der Waals surface area contributed by atoms with Crippen LogP contribution in [0.4, 0.5) is 18.9 Å². The highest BCUT2D eigenvalue weighted by molar-refractivity contribution is 7.99. The van der Waals surface area contributed by atoms with Gasteiger partial charge in [-0.05, 0) is 37.3 Å². The van der Waals surface area contributed by atoms with E-state index in [1.807, 2.05) is 0 Å². The fourth-order valence-corrected chi connectivity index (χ4v) is 2.72. The quantitative estimate of drug-likeness (QED) is 0.717. The molecule has 10 heteroatoms. The molecule has 0 radical (unpaired) electrons. The smallest absolute Gasteiger partial charge is 0.325 e. The number of aromatic nitrogens is 4. The van der Waals surface area contributed by atoms with Crippen LogP contribution in [-0.2, 0) is 11.0 Å². The zero-order valence-corrected chi connectivity index (χ0v) is 13.7. The lowest BCUT2D eigenvalue weighted by molar-refractivity contribution is -0.137. The molecule has 0 unspecified atom stereocenters. The maximum absolute atomic E-state index is 12.7. The molecule has 0 saturated carbocycles. The van der Waals surface area contributed by atoms with Gasteiger partial charge in [-0.15, -0.1) is 10.2 Å². The number of carbonyl (C=O) groups is 1. The highest BCUT2D eigenvalue weighted by Crippen LogP contribution is 2.30. The van der Waals surface area contributed by atoms with E-state index in [9.17, 15) is 18.0 Å².